The number of methoxy groups -OCH3 is 1. The van der Waals surface area contributed by atoms with E-state index < -0.39 is 4.92 Å². The molecule has 0 spiro atoms. The van der Waals surface area contributed by atoms with Crippen LogP contribution in [0.4, 0.5) is 11.4 Å². The molecule has 1 N–H and O–H groups in total. The molecule has 8 heteroatoms. The average molecular weight is 468 g/mol. The van der Waals surface area contributed by atoms with E-state index in [0.29, 0.717) is 6.54 Å². The number of nitro groups is 1. The van der Waals surface area contributed by atoms with Gasteiger partial charge in [-0.1, -0.05) is 24.3 Å². The number of hydrogen-bond donors (Lipinski definition) is 1. The smallest absolute Gasteiger partial charge is 0.311 e. The number of nitrogens with one attached hydrogen (secondary N) is 1. The minimum absolute atomic E-state index is 0. The summed E-state index contributed by atoms with van der Waals surface area (Å²) in [5, 5.41) is 14.4. The Bertz CT molecular complexity index is 826. The minimum Gasteiger partial charge on any atom is -0.490 e. The molecule has 0 aromatic heterocycles. The van der Waals surface area contributed by atoms with Gasteiger partial charge in [0.2, 0.25) is 0 Å². The first kappa shape index (κ1) is 20.0. The lowest BCUT2D eigenvalue weighted by Gasteiger charge is -2.22. The Labute approximate surface area is 169 Å². The van der Waals surface area contributed by atoms with Crippen molar-refractivity contribution in [3.63, 3.8) is 0 Å². The first-order chi connectivity index (χ1) is 12.1. The first-order valence-electron chi connectivity index (χ1n) is 8.01. The molecule has 0 unspecified atom stereocenters. The van der Waals surface area contributed by atoms with Gasteiger partial charge in [0.1, 0.15) is 0 Å². The van der Waals surface area contributed by atoms with E-state index in [1.165, 1.54) is 18.7 Å². The number of para-hydroxylation sites is 1. The predicted molar refractivity (Wildman–Crippen MR) is 113 cm³/mol. The van der Waals surface area contributed by atoms with E-state index >= 15 is 0 Å². The fourth-order valence-corrected chi connectivity index (χ4v) is 3.02. The molecule has 1 heterocycles. The van der Waals surface area contributed by atoms with Gasteiger partial charge >= 0.3 is 5.69 Å². The van der Waals surface area contributed by atoms with Crippen LogP contribution in [0.2, 0.25) is 0 Å². The standard InChI is InChI=1S/C18H20N4O3.HI/c1-19-18(21-10-9-14-5-3-4-6-15(14)21)20-12-13-7-8-17(25-2)16(11-13)22(23)24;/h3-8,11H,9-10,12H2,1-2H3,(H,19,20);1H. The topological polar surface area (TPSA) is 80.0 Å². The van der Waals surface area contributed by atoms with Crippen LogP contribution >= 0.6 is 24.0 Å². The van der Waals surface area contributed by atoms with Crippen molar-refractivity contribution in [2.24, 2.45) is 4.99 Å². The third-order valence-electron chi connectivity index (χ3n) is 4.25. The van der Waals surface area contributed by atoms with Crippen LogP contribution in [0.5, 0.6) is 5.75 Å². The minimum atomic E-state index is -0.437. The molecule has 2 aromatic rings. The van der Waals surface area contributed by atoms with E-state index in [0.717, 1.165) is 30.2 Å². The number of benzene rings is 2. The van der Waals surface area contributed by atoms with Crippen molar-refractivity contribution < 1.29 is 9.66 Å². The SMILES string of the molecule is CN=C(NCc1ccc(OC)c([N+](=O)[O-])c1)N1CCc2ccccc21.I. The summed E-state index contributed by atoms with van der Waals surface area (Å²) in [6.07, 6.45) is 0.977. The van der Waals surface area contributed by atoms with Gasteiger partial charge < -0.3 is 15.0 Å². The molecule has 0 saturated heterocycles. The third kappa shape index (κ3) is 4.06. The Hall–Kier alpha value is -2.36. The molecule has 2 aromatic carbocycles. The molecular formula is C18H21IN4O3. The van der Waals surface area contributed by atoms with E-state index in [4.69, 9.17) is 4.74 Å². The summed E-state index contributed by atoms with van der Waals surface area (Å²) >= 11 is 0. The number of rotatable bonds is 4. The van der Waals surface area contributed by atoms with Crippen molar-refractivity contribution in [2.45, 2.75) is 13.0 Å². The normalized spacial score (nSPS) is 13.0. The Morgan fingerprint density at radius 2 is 2.12 bits per heavy atom. The molecule has 0 aliphatic carbocycles. The molecule has 26 heavy (non-hydrogen) atoms. The zero-order chi connectivity index (χ0) is 17.8. The maximum atomic E-state index is 11.1. The summed E-state index contributed by atoms with van der Waals surface area (Å²) in [6.45, 7) is 1.30. The molecule has 0 amide bonds. The number of hydrogen-bond acceptors (Lipinski definition) is 4. The van der Waals surface area contributed by atoms with Crippen LogP contribution in [0.25, 0.3) is 0 Å². The summed E-state index contributed by atoms with van der Waals surface area (Å²) in [6, 6.07) is 13.2. The number of anilines is 1. The number of ether oxygens (including phenoxy) is 1. The van der Waals surface area contributed by atoms with Gasteiger partial charge in [0.05, 0.1) is 12.0 Å². The Morgan fingerprint density at radius 1 is 1.35 bits per heavy atom. The van der Waals surface area contributed by atoms with Crippen LogP contribution in [-0.2, 0) is 13.0 Å². The number of nitro benzene ring substituents is 1. The second-order valence-electron chi connectivity index (χ2n) is 5.69. The van der Waals surface area contributed by atoms with Crippen molar-refractivity contribution in [2.75, 3.05) is 25.6 Å². The van der Waals surface area contributed by atoms with Crippen LogP contribution in [0.1, 0.15) is 11.1 Å². The van der Waals surface area contributed by atoms with Crippen LogP contribution in [0, 0.1) is 10.1 Å². The number of guanidine groups is 1. The lowest BCUT2D eigenvalue weighted by Crippen LogP contribution is -2.40. The fourth-order valence-electron chi connectivity index (χ4n) is 3.02. The highest BCUT2D eigenvalue weighted by molar-refractivity contribution is 14.0. The van der Waals surface area contributed by atoms with Gasteiger partial charge in [-0.05, 0) is 29.7 Å². The highest BCUT2D eigenvalue weighted by Crippen LogP contribution is 2.29. The van der Waals surface area contributed by atoms with Gasteiger partial charge in [-0.15, -0.1) is 24.0 Å². The fraction of sp³-hybridized carbons (Fsp3) is 0.278. The van der Waals surface area contributed by atoms with Crippen LogP contribution < -0.4 is 15.0 Å². The largest absolute Gasteiger partial charge is 0.490 e. The number of fused-ring (bicyclic) bond motifs is 1. The zero-order valence-electron chi connectivity index (χ0n) is 14.6. The van der Waals surface area contributed by atoms with Crippen molar-refractivity contribution in [3.05, 3.63) is 63.7 Å². The summed E-state index contributed by atoms with van der Waals surface area (Å²) in [5.41, 5.74) is 3.20. The molecule has 0 fully saturated rings. The van der Waals surface area contributed by atoms with Gasteiger partial charge in [0.25, 0.3) is 0 Å². The quantitative estimate of drug-likeness (QED) is 0.245. The maximum absolute atomic E-state index is 11.1. The predicted octanol–water partition coefficient (Wildman–Crippen LogP) is 3.36. The summed E-state index contributed by atoms with van der Waals surface area (Å²) in [5.74, 6) is 1.01. The molecule has 0 saturated carbocycles. The van der Waals surface area contributed by atoms with E-state index in [1.54, 1.807) is 13.1 Å². The molecule has 138 valence electrons. The van der Waals surface area contributed by atoms with Gasteiger partial charge in [0.15, 0.2) is 11.7 Å². The van der Waals surface area contributed by atoms with Crippen LogP contribution in [0.15, 0.2) is 47.5 Å². The number of nitrogens with zero attached hydrogens (tertiary/aromatic N) is 3. The molecule has 0 atom stereocenters. The third-order valence-corrected chi connectivity index (χ3v) is 4.25. The van der Waals surface area contributed by atoms with Gasteiger partial charge in [0, 0.05) is 31.9 Å². The van der Waals surface area contributed by atoms with E-state index in [9.17, 15) is 10.1 Å². The highest BCUT2D eigenvalue weighted by Gasteiger charge is 2.22. The van der Waals surface area contributed by atoms with Crippen molar-refractivity contribution in [3.8, 4) is 5.75 Å². The molecular weight excluding hydrogens is 447 g/mol. The lowest BCUT2D eigenvalue weighted by molar-refractivity contribution is -0.385. The molecule has 0 radical (unpaired) electrons. The molecule has 1 aliphatic heterocycles. The van der Waals surface area contributed by atoms with Gasteiger partial charge in [-0.2, -0.15) is 0 Å². The average Bonchev–Trinajstić information content (AvgIpc) is 3.06. The summed E-state index contributed by atoms with van der Waals surface area (Å²) in [4.78, 5) is 17.2. The molecule has 3 rings (SSSR count). The number of aliphatic imine (C=N–C) groups is 1. The first-order valence-corrected chi connectivity index (χ1v) is 8.01. The van der Waals surface area contributed by atoms with Crippen molar-refractivity contribution in [1.29, 1.82) is 0 Å². The highest BCUT2D eigenvalue weighted by atomic mass is 127. The van der Waals surface area contributed by atoms with Crippen molar-refractivity contribution in [1.82, 2.24) is 5.32 Å². The Balaban J connectivity index is 0.00000243. The number of halogens is 1. The van der Waals surface area contributed by atoms with Gasteiger partial charge in [-0.25, -0.2) is 0 Å². The summed E-state index contributed by atoms with van der Waals surface area (Å²) in [7, 11) is 3.16. The summed E-state index contributed by atoms with van der Waals surface area (Å²) < 4.78 is 5.03. The van der Waals surface area contributed by atoms with Crippen molar-refractivity contribution >= 4 is 41.3 Å². The molecule has 0 bridgehead atoms. The van der Waals surface area contributed by atoms with Crippen LogP contribution in [0.3, 0.4) is 0 Å². The van der Waals surface area contributed by atoms with E-state index in [2.05, 4.69) is 27.3 Å². The Kier molecular flexibility index (Phi) is 6.78. The second kappa shape index (κ2) is 8.84. The van der Waals surface area contributed by atoms with E-state index in [1.807, 2.05) is 18.2 Å². The Morgan fingerprint density at radius 3 is 2.81 bits per heavy atom. The molecule has 1 aliphatic rings. The second-order valence-corrected chi connectivity index (χ2v) is 5.69. The van der Waals surface area contributed by atoms with Crippen LogP contribution in [-0.4, -0.2) is 31.6 Å². The van der Waals surface area contributed by atoms with E-state index in [-0.39, 0.29) is 35.4 Å². The maximum Gasteiger partial charge on any atom is 0.311 e. The lowest BCUT2D eigenvalue weighted by atomic mass is 10.2. The molecule has 7 nitrogen and oxygen atoms in total. The van der Waals surface area contributed by atoms with Gasteiger partial charge in [-0.3, -0.25) is 15.1 Å². The zero-order valence-corrected chi connectivity index (χ0v) is 17.0. The monoisotopic (exact) mass is 468 g/mol.